The first-order valence-electron chi connectivity index (χ1n) is 18.2. The van der Waals surface area contributed by atoms with Gasteiger partial charge in [-0.2, -0.15) is 0 Å². The van der Waals surface area contributed by atoms with Gasteiger partial charge in [-0.15, -0.1) is 0 Å². The maximum atomic E-state index is 16.1. The van der Waals surface area contributed by atoms with E-state index in [2.05, 4.69) is 10.6 Å². The predicted octanol–water partition coefficient (Wildman–Crippen LogP) is 14.6. The molecule has 0 unspecified atom stereocenters. The zero-order valence-electron chi connectivity index (χ0n) is 30.5. The van der Waals surface area contributed by atoms with Gasteiger partial charge in [-0.3, -0.25) is 0 Å². The van der Waals surface area contributed by atoms with Crippen LogP contribution in [0.4, 0.5) is 61.0 Å². The second-order valence-electron chi connectivity index (χ2n) is 13.8. The molecule has 1 heterocycles. The van der Waals surface area contributed by atoms with E-state index in [9.17, 15) is 26.3 Å². The summed E-state index contributed by atoms with van der Waals surface area (Å²) in [7, 11) is 0. The molecule has 1 aromatic heterocycles. The fourth-order valence-corrected chi connectivity index (χ4v) is 7.53. The van der Waals surface area contributed by atoms with Crippen molar-refractivity contribution in [3.63, 3.8) is 0 Å². The minimum Gasteiger partial charge on any atom is -0.309 e. The average Bonchev–Trinajstić information content (AvgIpc) is 3.61. The number of anilines is 3. The number of nitrogens with zero attached hydrogens (tertiary/aromatic N) is 2. The molecule has 0 bridgehead atoms. The number of hydrogen-bond donors (Lipinski definition) is 0. The molecule has 60 heavy (non-hydrogen) atoms. The maximum Gasteiger partial charge on any atom is 0.200 e. The van der Waals surface area contributed by atoms with E-state index in [1.165, 1.54) is 12.1 Å². The summed E-state index contributed by atoms with van der Waals surface area (Å²) in [4.78, 5) is 0.684. The molecule has 0 aliphatic rings. The molecule has 0 atom stereocenters. The van der Waals surface area contributed by atoms with Gasteiger partial charge < -0.3 is 9.47 Å². The van der Waals surface area contributed by atoms with Crippen LogP contribution in [-0.2, 0) is 0 Å². The molecule has 0 spiro atoms. The van der Waals surface area contributed by atoms with Gasteiger partial charge in [-0.1, -0.05) is 78.9 Å². The van der Waals surface area contributed by atoms with Crippen molar-refractivity contribution in [3.8, 4) is 39.1 Å². The van der Waals surface area contributed by atoms with E-state index in [0.717, 1.165) is 68.4 Å². The number of para-hydroxylation sites is 1. The summed E-state index contributed by atoms with van der Waals surface area (Å²) >= 11 is 0. The standard InChI is InChI=1S/C48H24F10N2/c49-29-15-19-32(20-16-29)59(48-46(57)41(52)38(42(53)47(48)58)37-39(50)43(54)45(56)44(55)40(37)51)31-17-11-26(12-18-31)27-14-22-35-34(23-27)33-21-13-28(25-7-3-1-4-8-25)24-36(33)60(35)30-9-5-2-6-10-30/h1-24H. The lowest BCUT2D eigenvalue weighted by atomic mass is 9.99. The molecule has 9 rings (SSSR count). The summed E-state index contributed by atoms with van der Waals surface area (Å²) in [5, 5.41) is 1.87. The first-order chi connectivity index (χ1) is 28.9. The fraction of sp³-hybridized carbons (Fsp3) is 0. The van der Waals surface area contributed by atoms with Gasteiger partial charge in [0.05, 0.1) is 22.2 Å². The van der Waals surface area contributed by atoms with Crippen molar-refractivity contribution in [2.45, 2.75) is 0 Å². The van der Waals surface area contributed by atoms with E-state index in [-0.39, 0.29) is 11.4 Å². The Balaban J connectivity index is 1.17. The largest absolute Gasteiger partial charge is 0.309 e. The van der Waals surface area contributed by atoms with Crippen LogP contribution in [0.5, 0.6) is 0 Å². The van der Waals surface area contributed by atoms with Crippen LogP contribution in [0.25, 0.3) is 60.9 Å². The first kappa shape index (κ1) is 38.2. The van der Waals surface area contributed by atoms with Gasteiger partial charge in [0.25, 0.3) is 0 Å². The molecule has 0 N–H and O–H groups in total. The molecule has 2 nitrogen and oxygen atoms in total. The minimum absolute atomic E-state index is 0.110. The lowest BCUT2D eigenvalue weighted by Crippen LogP contribution is -2.17. The molecule has 0 fully saturated rings. The lowest BCUT2D eigenvalue weighted by Gasteiger charge is -2.27. The maximum absolute atomic E-state index is 16.1. The molecule has 0 radical (unpaired) electrons. The molecule has 0 aliphatic heterocycles. The Morgan fingerprint density at radius 1 is 0.333 bits per heavy atom. The van der Waals surface area contributed by atoms with Crippen LogP contribution in [0.15, 0.2) is 146 Å². The molecule has 0 aliphatic carbocycles. The Kier molecular flexibility index (Phi) is 9.42. The Bertz CT molecular complexity index is 3070. The van der Waals surface area contributed by atoms with Crippen LogP contribution < -0.4 is 4.90 Å². The van der Waals surface area contributed by atoms with Crippen LogP contribution in [0.2, 0.25) is 0 Å². The zero-order chi connectivity index (χ0) is 42.0. The van der Waals surface area contributed by atoms with Gasteiger partial charge in [-0.25, -0.2) is 43.9 Å². The summed E-state index contributed by atoms with van der Waals surface area (Å²) in [6, 6.07) is 41.6. The summed E-state index contributed by atoms with van der Waals surface area (Å²) in [5.41, 5.74) is 0.0611. The van der Waals surface area contributed by atoms with Gasteiger partial charge in [-0.05, 0) is 89.0 Å². The normalized spacial score (nSPS) is 11.5. The Morgan fingerprint density at radius 2 is 0.783 bits per heavy atom. The monoisotopic (exact) mass is 818 g/mol. The quantitative estimate of drug-likeness (QED) is 0.0883. The number of benzene rings is 8. The number of rotatable bonds is 7. The van der Waals surface area contributed by atoms with Gasteiger partial charge in [0, 0.05) is 27.8 Å². The average molecular weight is 819 g/mol. The van der Waals surface area contributed by atoms with Crippen molar-refractivity contribution < 1.29 is 43.9 Å². The minimum atomic E-state index is -2.67. The molecule has 0 saturated carbocycles. The zero-order valence-corrected chi connectivity index (χ0v) is 30.5. The van der Waals surface area contributed by atoms with Crippen LogP contribution in [0.1, 0.15) is 0 Å². The van der Waals surface area contributed by atoms with Crippen molar-refractivity contribution in [1.29, 1.82) is 0 Å². The highest BCUT2D eigenvalue weighted by atomic mass is 19.2. The van der Waals surface area contributed by atoms with Gasteiger partial charge >= 0.3 is 0 Å². The highest BCUT2D eigenvalue weighted by Crippen LogP contribution is 2.45. The fourth-order valence-electron chi connectivity index (χ4n) is 7.53. The first-order valence-corrected chi connectivity index (χ1v) is 18.2. The van der Waals surface area contributed by atoms with E-state index < -0.39 is 75.0 Å². The molecule has 9 aromatic rings. The number of fused-ring (bicyclic) bond motifs is 3. The number of halogens is 10. The van der Waals surface area contributed by atoms with Crippen molar-refractivity contribution in [2.75, 3.05) is 4.90 Å². The Labute approximate surface area is 334 Å². The summed E-state index contributed by atoms with van der Waals surface area (Å²) in [6.07, 6.45) is 0. The van der Waals surface area contributed by atoms with Crippen LogP contribution >= 0.6 is 0 Å². The molecule has 296 valence electrons. The van der Waals surface area contributed by atoms with Gasteiger partial charge in [0.1, 0.15) is 11.5 Å². The topological polar surface area (TPSA) is 8.17 Å². The third kappa shape index (κ3) is 6.14. The molecule has 0 saturated heterocycles. The third-order valence-electron chi connectivity index (χ3n) is 10.4. The highest BCUT2D eigenvalue weighted by molar-refractivity contribution is 6.11. The predicted molar refractivity (Wildman–Crippen MR) is 211 cm³/mol. The SMILES string of the molecule is Fc1ccc(N(c2ccc(-c3ccc4c(c3)c3ccc(-c5ccccc5)cc3n4-c3ccccc3)cc2)c2c(F)c(F)c(-c3c(F)c(F)c(F)c(F)c3F)c(F)c2F)cc1. The lowest BCUT2D eigenvalue weighted by molar-refractivity contribution is 0.379. The highest BCUT2D eigenvalue weighted by Gasteiger charge is 2.36. The molecular weight excluding hydrogens is 795 g/mol. The molecule has 12 heteroatoms. The molecule has 0 amide bonds. The van der Waals surface area contributed by atoms with E-state index in [1.54, 1.807) is 12.1 Å². The summed E-state index contributed by atoms with van der Waals surface area (Å²) in [5.74, 6) is -23.4. The van der Waals surface area contributed by atoms with E-state index in [0.29, 0.717) is 10.5 Å². The Morgan fingerprint density at radius 3 is 1.37 bits per heavy atom. The van der Waals surface area contributed by atoms with Gasteiger partial charge in [0.2, 0.25) is 5.82 Å². The Hall–Kier alpha value is -7.34. The smallest absolute Gasteiger partial charge is 0.200 e. The van der Waals surface area contributed by atoms with Crippen LogP contribution in [-0.4, -0.2) is 4.57 Å². The summed E-state index contributed by atoms with van der Waals surface area (Å²) < 4.78 is 151. The third-order valence-corrected chi connectivity index (χ3v) is 10.4. The molecular formula is C48H24F10N2. The van der Waals surface area contributed by atoms with Crippen molar-refractivity contribution >= 4 is 38.9 Å². The number of aromatic nitrogens is 1. The summed E-state index contributed by atoms with van der Waals surface area (Å²) in [6.45, 7) is 0. The van der Waals surface area contributed by atoms with Crippen LogP contribution in [0.3, 0.4) is 0 Å². The van der Waals surface area contributed by atoms with Crippen molar-refractivity contribution in [1.82, 2.24) is 4.57 Å². The van der Waals surface area contributed by atoms with Crippen molar-refractivity contribution in [2.24, 2.45) is 0 Å². The van der Waals surface area contributed by atoms with E-state index in [4.69, 9.17) is 0 Å². The number of hydrogen-bond acceptors (Lipinski definition) is 1. The van der Waals surface area contributed by atoms with Crippen molar-refractivity contribution in [3.05, 3.63) is 204 Å². The van der Waals surface area contributed by atoms with E-state index in [1.807, 2.05) is 91.0 Å². The van der Waals surface area contributed by atoms with Crippen LogP contribution in [0, 0.1) is 58.2 Å². The second kappa shape index (κ2) is 14.8. The molecule has 8 aromatic carbocycles. The van der Waals surface area contributed by atoms with Gasteiger partial charge in [0.15, 0.2) is 46.5 Å². The van der Waals surface area contributed by atoms with E-state index >= 15 is 17.6 Å². The second-order valence-corrected chi connectivity index (χ2v) is 13.8.